The van der Waals surface area contributed by atoms with Gasteiger partial charge in [0.15, 0.2) is 30.7 Å². The maximum absolute atomic E-state index is 12.5. The Bertz CT molecular complexity index is 1050. The van der Waals surface area contributed by atoms with Crippen LogP contribution in [0.25, 0.3) is 0 Å². The van der Waals surface area contributed by atoms with E-state index in [2.05, 4.69) is 102 Å². The molecule has 0 spiro atoms. The second kappa shape index (κ2) is 16.9. The van der Waals surface area contributed by atoms with E-state index in [9.17, 15) is 20.1 Å². The molecule has 1 rings (SSSR count). The number of aliphatic hydroxyl groups excluding tert-OH is 2. The number of esters is 1. The summed E-state index contributed by atoms with van der Waals surface area (Å²) in [6, 6.07) is 0. The average molecular weight is 753 g/mol. The Hall–Kier alpha value is -0.199. The smallest absolute Gasteiger partial charge is 0.308 e. The lowest BCUT2D eigenvalue weighted by molar-refractivity contribution is -0.358. The molecule has 1 heterocycles. The molecule has 1 aliphatic rings. The number of hydrogen-bond donors (Lipinski definition) is 3. The third kappa shape index (κ3) is 11.6. The van der Waals surface area contributed by atoms with E-state index in [0.717, 1.165) is 0 Å². The molecule has 0 amide bonds. The summed E-state index contributed by atoms with van der Waals surface area (Å²) in [5.74, 6) is -3.77. The van der Waals surface area contributed by atoms with Crippen molar-refractivity contribution >= 4 is 30.9 Å². The van der Waals surface area contributed by atoms with Gasteiger partial charge in [0.05, 0.1) is 44.1 Å². The van der Waals surface area contributed by atoms with Crippen molar-refractivity contribution in [2.45, 2.75) is 192 Å². The van der Waals surface area contributed by atoms with Crippen molar-refractivity contribution in [2.24, 2.45) is 11.8 Å². The van der Waals surface area contributed by atoms with Gasteiger partial charge in [0.25, 0.3) is 0 Å². The van der Waals surface area contributed by atoms with E-state index in [1.165, 1.54) is 7.11 Å². The molecule has 0 aliphatic carbocycles. The SMILES string of the molecule is COC(=O)C[C@H]1O[C@@](O)([C@H](O)[C@@H](O)C[C@H](OC)[C@H](CCO[Si](C)(C)C(C)(C)C)O[Si](C)(C)C(C)(C)C)[C@H](C)[C@@H](O[Si](C)(C)C(C)(C)C)[C@H]1C. The maximum Gasteiger partial charge on any atom is 0.308 e. The summed E-state index contributed by atoms with van der Waals surface area (Å²) in [5, 5.41) is 35.6. The second-order valence-corrected chi connectivity index (χ2v) is 33.3. The molecular weight excluding hydrogens is 677 g/mol. The Balaban J connectivity index is 3.48. The number of carbonyl (C=O) groups is 1. The van der Waals surface area contributed by atoms with Crippen molar-refractivity contribution in [3.05, 3.63) is 0 Å². The molecule has 292 valence electrons. The van der Waals surface area contributed by atoms with Crippen molar-refractivity contribution in [1.29, 1.82) is 0 Å². The van der Waals surface area contributed by atoms with Gasteiger partial charge in [-0.1, -0.05) is 76.2 Å². The molecule has 1 saturated heterocycles. The van der Waals surface area contributed by atoms with Crippen LogP contribution in [-0.4, -0.2) is 109 Å². The fourth-order valence-corrected chi connectivity index (χ4v) is 9.36. The lowest BCUT2D eigenvalue weighted by atomic mass is 9.76. The summed E-state index contributed by atoms with van der Waals surface area (Å²) >= 11 is 0. The fraction of sp³-hybridized carbons (Fsp3) is 0.972. The summed E-state index contributed by atoms with van der Waals surface area (Å²) in [4.78, 5) is 12.5. The van der Waals surface area contributed by atoms with Crippen LogP contribution in [0.4, 0.5) is 0 Å². The highest BCUT2D eigenvalue weighted by molar-refractivity contribution is 6.75. The van der Waals surface area contributed by atoms with Crippen molar-refractivity contribution in [2.75, 3.05) is 20.8 Å². The van der Waals surface area contributed by atoms with Crippen LogP contribution in [0.3, 0.4) is 0 Å². The molecule has 0 aromatic heterocycles. The molecule has 9 atom stereocenters. The van der Waals surface area contributed by atoms with Crippen molar-refractivity contribution in [3.63, 3.8) is 0 Å². The van der Waals surface area contributed by atoms with Gasteiger partial charge in [0, 0.05) is 32.0 Å². The van der Waals surface area contributed by atoms with E-state index in [1.807, 2.05) is 6.92 Å². The lowest BCUT2D eigenvalue weighted by Gasteiger charge is -2.54. The van der Waals surface area contributed by atoms with Crippen LogP contribution >= 0.6 is 0 Å². The first kappa shape index (κ1) is 46.8. The number of hydrogen-bond acceptors (Lipinski definition) is 10. The monoisotopic (exact) mass is 752 g/mol. The first-order chi connectivity index (χ1) is 21.8. The molecule has 0 aromatic rings. The van der Waals surface area contributed by atoms with Gasteiger partial charge in [-0.3, -0.25) is 4.79 Å². The highest BCUT2D eigenvalue weighted by Crippen LogP contribution is 2.47. The normalized spacial score (nSPS) is 27.4. The molecule has 1 aliphatic heterocycles. The minimum atomic E-state index is -2.37. The number of methoxy groups -OCH3 is 2. The number of aliphatic hydroxyl groups is 3. The minimum Gasteiger partial charge on any atom is -0.469 e. The van der Waals surface area contributed by atoms with E-state index in [0.29, 0.717) is 13.0 Å². The maximum atomic E-state index is 12.5. The van der Waals surface area contributed by atoms with Crippen molar-refractivity contribution < 1.29 is 47.6 Å². The summed E-state index contributed by atoms with van der Waals surface area (Å²) in [7, 11) is -3.82. The van der Waals surface area contributed by atoms with Crippen LogP contribution in [0, 0.1) is 11.8 Å². The largest absolute Gasteiger partial charge is 0.469 e. The number of rotatable bonds is 16. The van der Waals surface area contributed by atoms with Crippen LogP contribution in [0.5, 0.6) is 0 Å². The van der Waals surface area contributed by atoms with E-state index in [-0.39, 0.29) is 33.9 Å². The van der Waals surface area contributed by atoms with Crippen molar-refractivity contribution in [1.82, 2.24) is 0 Å². The van der Waals surface area contributed by atoms with E-state index >= 15 is 0 Å². The lowest BCUT2D eigenvalue weighted by Crippen LogP contribution is -2.67. The molecule has 49 heavy (non-hydrogen) atoms. The molecule has 0 bridgehead atoms. The standard InChI is InChI=1S/C36H76O10Si3/c1-24-28(23-30(38)42-13)44-36(40,25(2)31(24)46-49(18,19)35(9,10)11)32(39)26(37)22-29(41-12)27(45-48(16,17)34(6,7)8)20-21-43-47(14,15)33(3,4)5/h24-29,31-32,37,39-40H,20-23H2,1-19H3/t24-,25+,26-,27-,28+,29-,31-,32+,36+/m0/s1. The topological polar surface area (TPSA) is 133 Å². The summed E-state index contributed by atoms with van der Waals surface area (Å²) in [6.45, 7) is 36.8. The van der Waals surface area contributed by atoms with Crippen LogP contribution < -0.4 is 0 Å². The number of carbonyl (C=O) groups excluding carboxylic acids is 1. The van der Waals surface area contributed by atoms with Gasteiger partial charge in [-0.05, 0) is 60.8 Å². The molecule has 13 heteroatoms. The molecule has 0 radical (unpaired) electrons. The molecule has 0 aromatic carbocycles. The third-order valence-corrected chi connectivity index (χ3v) is 25.8. The Morgan fingerprint density at radius 3 is 1.73 bits per heavy atom. The number of ether oxygens (including phenoxy) is 3. The summed E-state index contributed by atoms with van der Waals surface area (Å²) in [6.07, 6.45) is -5.24. The van der Waals surface area contributed by atoms with Crippen LogP contribution in [-0.2, 0) is 32.3 Å². The zero-order chi connectivity index (χ0) is 38.8. The fourth-order valence-electron chi connectivity index (χ4n) is 5.47. The van der Waals surface area contributed by atoms with E-state index < -0.39 is 79.3 Å². The van der Waals surface area contributed by atoms with Crippen LogP contribution in [0.1, 0.15) is 95.4 Å². The Morgan fingerprint density at radius 2 is 1.31 bits per heavy atom. The van der Waals surface area contributed by atoms with Crippen LogP contribution in [0.2, 0.25) is 54.4 Å². The van der Waals surface area contributed by atoms with E-state index in [4.69, 9.17) is 27.5 Å². The predicted octanol–water partition coefficient (Wildman–Crippen LogP) is 7.23. The van der Waals surface area contributed by atoms with Crippen LogP contribution in [0.15, 0.2) is 0 Å². The molecular formula is C36H76O10Si3. The van der Waals surface area contributed by atoms with Gasteiger partial charge in [-0.25, -0.2) is 0 Å². The van der Waals surface area contributed by atoms with Gasteiger partial charge < -0.3 is 42.8 Å². The van der Waals surface area contributed by atoms with Gasteiger partial charge in [-0.2, -0.15) is 0 Å². The average Bonchev–Trinajstić information content (AvgIpc) is 2.93. The highest BCUT2D eigenvalue weighted by Gasteiger charge is 2.58. The van der Waals surface area contributed by atoms with Crippen molar-refractivity contribution in [3.8, 4) is 0 Å². The van der Waals surface area contributed by atoms with Gasteiger partial charge in [0.2, 0.25) is 0 Å². The summed E-state index contributed by atoms with van der Waals surface area (Å²) in [5.41, 5.74) is 0. The highest BCUT2D eigenvalue weighted by atomic mass is 28.4. The zero-order valence-corrected chi connectivity index (χ0v) is 37.6. The molecule has 1 fully saturated rings. The first-order valence-corrected chi connectivity index (χ1v) is 26.9. The zero-order valence-electron chi connectivity index (χ0n) is 34.6. The van der Waals surface area contributed by atoms with Gasteiger partial charge in [0.1, 0.15) is 6.10 Å². The third-order valence-electron chi connectivity index (χ3n) is 12.3. The Labute approximate surface area is 302 Å². The van der Waals surface area contributed by atoms with Gasteiger partial charge >= 0.3 is 5.97 Å². The Morgan fingerprint density at radius 1 is 0.816 bits per heavy atom. The molecule has 10 nitrogen and oxygen atoms in total. The predicted molar refractivity (Wildman–Crippen MR) is 204 cm³/mol. The molecule has 3 N–H and O–H groups in total. The molecule has 0 unspecified atom stereocenters. The molecule has 0 saturated carbocycles. The summed E-state index contributed by atoms with van der Waals surface area (Å²) < 4.78 is 37.5. The van der Waals surface area contributed by atoms with Gasteiger partial charge in [-0.15, -0.1) is 0 Å². The van der Waals surface area contributed by atoms with E-state index in [1.54, 1.807) is 14.0 Å². The first-order valence-electron chi connectivity index (χ1n) is 18.1. The Kier molecular flexibility index (Phi) is 16.1. The second-order valence-electron chi connectivity index (χ2n) is 19.0. The quantitative estimate of drug-likeness (QED) is 0.110. The minimum absolute atomic E-state index is 0.0274.